The number of rotatable bonds is 4. The molecular formula is C10H17FN2S. The minimum Gasteiger partial charge on any atom is -0.309 e. The fourth-order valence-electron chi connectivity index (χ4n) is 1.03. The minimum absolute atomic E-state index is 0.0206. The summed E-state index contributed by atoms with van der Waals surface area (Å²) in [4.78, 5) is 4.05. The Hall–Kier alpha value is -0.480. The summed E-state index contributed by atoms with van der Waals surface area (Å²) in [7, 11) is 0. The maximum Gasteiger partial charge on any atom is 0.119 e. The average Bonchev–Trinajstić information content (AvgIpc) is 2.52. The van der Waals surface area contributed by atoms with Crippen molar-refractivity contribution in [1.29, 1.82) is 0 Å². The van der Waals surface area contributed by atoms with Gasteiger partial charge in [-0.25, -0.2) is 9.37 Å². The fourth-order valence-corrected chi connectivity index (χ4v) is 1.71. The van der Waals surface area contributed by atoms with Gasteiger partial charge in [0.2, 0.25) is 0 Å². The molecule has 0 fully saturated rings. The standard InChI is InChI=1S/C10H17FN2S/c1-10(2,3)13-7-8(11)6-9-12-4-5-14-9/h4-5,8,13H,6-7H2,1-3H3. The molecule has 14 heavy (non-hydrogen) atoms. The second kappa shape index (κ2) is 4.84. The first-order chi connectivity index (χ1) is 6.47. The Morgan fingerprint density at radius 2 is 2.29 bits per heavy atom. The van der Waals surface area contributed by atoms with E-state index in [0.717, 1.165) is 5.01 Å². The third-order valence-corrected chi connectivity index (χ3v) is 2.54. The van der Waals surface area contributed by atoms with E-state index in [1.165, 1.54) is 11.3 Å². The summed E-state index contributed by atoms with van der Waals surface area (Å²) in [6, 6.07) is 0. The Morgan fingerprint density at radius 1 is 1.57 bits per heavy atom. The molecule has 1 unspecified atom stereocenters. The van der Waals surface area contributed by atoms with Crippen molar-refractivity contribution in [3.63, 3.8) is 0 Å². The molecule has 0 amide bonds. The summed E-state index contributed by atoms with van der Waals surface area (Å²) >= 11 is 1.51. The zero-order valence-electron chi connectivity index (χ0n) is 8.88. The van der Waals surface area contributed by atoms with Crippen LogP contribution in [0.15, 0.2) is 11.6 Å². The van der Waals surface area contributed by atoms with Gasteiger partial charge in [0.1, 0.15) is 6.17 Å². The molecule has 1 aromatic heterocycles. The van der Waals surface area contributed by atoms with Crippen molar-refractivity contribution >= 4 is 11.3 Å². The summed E-state index contributed by atoms with van der Waals surface area (Å²) < 4.78 is 13.4. The van der Waals surface area contributed by atoms with Crippen molar-refractivity contribution < 1.29 is 4.39 Å². The molecule has 0 aliphatic rings. The van der Waals surface area contributed by atoms with Crippen molar-refractivity contribution in [3.05, 3.63) is 16.6 Å². The highest BCUT2D eigenvalue weighted by Gasteiger charge is 2.14. The Kier molecular flexibility index (Phi) is 4.01. The third kappa shape index (κ3) is 4.67. The van der Waals surface area contributed by atoms with Crippen LogP contribution in [0, 0.1) is 0 Å². The van der Waals surface area contributed by atoms with Gasteiger partial charge in [0.25, 0.3) is 0 Å². The molecule has 1 aromatic rings. The normalized spacial score (nSPS) is 14.3. The predicted molar refractivity (Wildman–Crippen MR) is 58.5 cm³/mol. The molecule has 0 aromatic carbocycles. The van der Waals surface area contributed by atoms with Crippen molar-refractivity contribution in [1.82, 2.24) is 10.3 Å². The molecule has 0 aliphatic carbocycles. The number of hydrogen-bond donors (Lipinski definition) is 1. The van der Waals surface area contributed by atoms with Crippen molar-refractivity contribution in [2.75, 3.05) is 6.54 Å². The van der Waals surface area contributed by atoms with E-state index in [0.29, 0.717) is 13.0 Å². The number of halogens is 1. The summed E-state index contributed by atoms with van der Waals surface area (Å²) in [6.45, 7) is 6.48. The zero-order valence-corrected chi connectivity index (χ0v) is 9.70. The lowest BCUT2D eigenvalue weighted by Gasteiger charge is -2.21. The molecular weight excluding hydrogens is 199 g/mol. The van der Waals surface area contributed by atoms with Crippen LogP contribution >= 0.6 is 11.3 Å². The van der Waals surface area contributed by atoms with Gasteiger partial charge in [0, 0.05) is 30.1 Å². The lowest BCUT2D eigenvalue weighted by Crippen LogP contribution is -2.40. The number of aromatic nitrogens is 1. The van der Waals surface area contributed by atoms with Crippen LogP contribution in [0.5, 0.6) is 0 Å². The van der Waals surface area contributed by atoms with Gasteiger partial charge in [-0.05, 0) is 20.8 Å². The topological polar surface area (TPSA) is 24.9 Å². The van der Waals surface area contributed by atoms with E-state index in [9.17, 15) is 4.39 Å². The molecule has 0 spiro atoms. The Balaban J connectivity index is 2.26. The summed E-state index contributed by atoms with van der Waals surface area (Å²) in [6.07, 6.45) is 1.28. The zero-order chi connectivity index (χ0) is 10.6. The molecule has 0 bridgehead atoms. The van der Waals surface area contributed by atoms with Gasteiger partial charge < -0.3 is 5.32 Å². The highest BCUT2D eigenvalue weighted by Crippen LogP contribution is 2.09. The lowest BCUT2D eigenvalue weighted by atomic mass is 10.1. The molecule has 1 atom stereocenters. The van der Waals surface area contributed by atoms with Crippen LogP contribution in [-0.2, 0) is 6.42 Å². The van der Waals surface area contributed by atoms with Crippen LogP contribution < -0.4 is 5.32 Å². The lowest BCUT2D eigenvalue weighted by molar-refractivity contribution is 0.284. The summed E-state index contributed by atoms with van der Waals surface area (Å²) in [5, 5.41) is 5.88. The summed E-state index contributed by atoms with van der Waals surface area (Å²) in [5.41, 5.74) is -0.0206. The van der Waals surface area contributed by atoms with Gasteiger partial charge in [0.05, 0.1) is 5.01 Å². The van der Waals surface area contributed by atoms with E-state index in [2.05, 4.69) is 10.3 Å². The van der Waals surface area contributed by atoms with E-state index in [1.807, 2.05) is 26.2 Å². The quantitative estimate of drug-likeness (QED) is 0.836. The third-order valence-electron chi connectivity index (χ3n) is 1.73. The molecule has 1 rings (SSSR count). The number of thiazole rings is 1. The highest BCUT2D eigenvalue weighted by atomic mass is 32.1. The number of nitrogens with one attached hydrogen (secondary N) is 1. The molecule has 1 heterocycles. The van der Waals surface area contributed by atoms with Crippen LogP contribution in [0.3, 0.4) is 0 Å². The first kappa shape index (κ1) is 11.6. The predicted octanol–water partition coefficient (Wildman–Crippen LogP) is 2.41. The second-order valence-electron chi connectivity index (χ2n) is 4.36. The highest BCUT2D eigenvalue weighted by molar-refractivity contribution is 7.09. The second-order valence-corrected chi connectivity index (χ2v) is 5.34. The Bertz CT molecular complexity index is 254. The van der Waals surface area contributed by atoms with Crippen LogP contribution in [0.4, 0.5) is 4.39 Å². The van der Waals surface area contributed by atoms with Gasteiger partial charge in [-0.15, -0.1) is 11.3 Å². The first-order valence-corrected chi connectivity index (χ1v) is 5.63. The number of hydrogen-bond acceptors (Lipinski definition) is 3. The van der Waals surface area contributed by atoms with Gasteiger partial charge in [-0.1, -0.05) is 0 Å². The molecule has 0 saturated heterocycles. The maximum absolute atomic E-state index is 13.4. The Labute approximate surface area is 88.6 Å². The van der Waals surface area contributed by atoms with Gasteiger partial charge in [0.15, 0.2) is 0 Å². The molecule has 4 heteroatoms. The van der Waals surface area contributed by atoms with Crippen LogP contribution in [-0.4, -0.2) is 23.2 Å². The van der Waals surface area contributed by atoms with Gasteiger partial charge >= 0.3 is 0 Å². The van der Waals surface area contributed by atoms with E-state index < -0.39 is 6.17 Å². The molecule has 0 radical (unpaired) electrons. The molecule has 0 aliphatic heterocycles. The van der Waals surface area contributed by atoms with E-state index in [1.54, 1.807) is 6.20 Å². The first-order valence-electron chi connectivity index (χ1n) is 4.75. The van der Waals surface area contributed by atoms with E-state index in [-0.39, 0.29) is 5.54 Å². The number of alkyl halides is 1. The van der Waals surface area contributed by atoms with Crippen molar-refractivity contribution in [3.8, 4) is 0 Å². The van der Waals surface area contributed by atoms with E-state index >= 15 is 0 Å². The monoisotopic (exact) mass is 216 g/mol. The Morgan fingerprint density at radius 3 is 2.79 bits per heavy atom. The smallest absolute Gasteiger partial charge is 0.119 e. The number of nitrogens with zero attached hydrogens (tertiary/aromatic N) is 1. The SMILES string of the molecule is CC(C)(C)NCC(F)Cc1nccs1. The van der Waals surface area contributed by atoms with Gasteiger partial charge in [-0.2, -0.15) is 0 Å². The van der Waals surface area contributed by atoms with Crippen LogP contribution in [0.1, 0.15) is 25.8 Å². The minimum atomic E-state index is -0.847. The van der Waals surface area contributed by atoms with Crippen LogP contribution in [0.2, 0.25) is 0 Å². The van der Waals surface area contributed by atoms with Crippen molar-refractivity contribution in [2.45, 2.75) is 38.9 Å². The van der Waals surface area contributed by atoms with Gasteiger partial charge in [-0.3, -0.25) is 0 Å². The summed E-state index contributed by atoms with van der Waals surface area (Å²) in [5.74, 6) is 0. The largest absolute Gasteiger partial charge is 0.309 e. The maximum atomic E-state index is 13.4. The van der Waals surface area contributed by atoms with Crippen LogP contribution in [0.25, 0.3) is 0 Å². The fraction of sp³-hybridized carbons (Fsp3) is 0.700. The molecule has 1 N–H and O–H groups in total. The molecule has 0 saturated carbocycles. The molecule has 2 nitrogen and oxygen atoms in total. The van der Waals surface area contributed by atoms with Crippen molar-refractivity contribution in [2.24, 2.45) is 0 Å². The molecule has 80 valence electrons. The van der Waals surface area contributed by atoms with E-state index in [4.69, 9.17) is 0 Å². The average molecular weight is 216 g/mol.